The first-order valence-corrected chi connectivity index (χ1v) is 21.1. The van der Waals surface area contributed by atoms with Crippen molar-refractivity contribution in [2.45, 2.75) is 37.5 Å². The summed E-state index contributed by atoms with van der Waals surface area (Å²) in [5.41, 5.74) is 13.6. The van der Waals surface area contributed by atoms with Crippen molar-refractivity contribution in [2.75, 3.05) is 4.90 Å². The fourth-order valence-electron chi connectivity index (χ4n) is 12.6. The zero-order valence-electron chi connectivity index (χ0n) is 30.7. The van der Waals surface area contributed by atoms with Gasteiger partial charge in [0.2, 0.25) is 0 Å². The van der Waals surface area contributed by atoms with Crippen molar-refractivity contribution in [3.05, 3.63) is 169 Å². The van der Waals surface area contributed by atoms with Gasteiger partial charge in [0.05, 0.1) is 27.1 Å². The number of thiophene rings is 1. The first-order valence-electron chi connectivity index (χ1n) is 20.3. The Bertz CT molecular complexity index is 2990. The maximum absolute atomic E-state index is 2.60. The van der Waals surface area contributed by atoms with Gasteiger partial charge < -0.3 is 9.47 Å². The number of fused-ring (bicyclic) bond motifs is 9. The van der Waals surface area contributed by atoms with Gasteiger partial charge in [0, 0.05) is 43.0 Å². The summed E-state index contributed by atoms with van der Waals surface area (Å²) in [5.74, 6) is 3.36. The fraction of sp³-hybridized carbons (Fsp3) is 0.192. The highest BCUT2D eigenvalue weighted by Crippen LogP contribution is 2.69. The van der Waals surface area contributed by atoms with Gasteiger partial charge in [-0.15, -0.1) is 11.3 Å². The predicted octanol–water partition coefficient (Wildman–Crippen LogP) is 14.3. The van der Waals surface area contributed by atoms with E-state index in [1.165, 1.54) is 108 Å². The predicted molar refractivity (Wildman–Crippen MR) is 232 cm³/mol. The number of aromatic nitrogens is 1. The van der Waals surface area contributed by atoms with Crippen LogP contribution in [0.25, 0.3) is 58.8 Å². The van der Waals surface area contributed by atoms with Crippen LogP contribution in [0.5, 0.6) is 0 Å². The Labute approximate surface area is 325 Å². The van der Waals surface area contributed by atoms with Crippen molar-refractivity contribution >= 4 is 70.4 Å². The summed E-state index contributed by atoms with van der Waals surface area (Å²) in [7, 11) is 0. The fourth-order valence-corrected chi connectivity index (χ4v) is 13.9. The molecule has 5 aliphatic rings. The van der Waals surface area contributed by atoms with Crippen LogP contribution in [0, 0.1) is 23.7 Å². The molecule has 4 saturated carbocycles. The maximum atomic E-state index is 2.60. The van der Waals surface area contributed by atoms with Gasteiger partial charge in [-0.1, -0.05) is 103 Å². The van der Waals surface area contributed by atoms with Gasteiger partial charge in [-0.2, -0.15) is 0 Å². The van der Waals surface area contributed by atoms with Crippen molar-refractivity contribution in [3.63, 3.8) is 0 Å². The van der Waals surface area contributed by atoms with Gasteiger partial charge >= 0.3 is 0 Å². The van der Waals surface area contributed by atoms with Crippen molar-refractivity contribution in [3.8, 4) is 16.8 Å². The quantitative estimate of drug-likeness (QED) is 0.175. The molecule has 3 heteroatoms. The zero-order chi connectivity index (χ0) is 35.8. The molecule has 7 aromatic carbocycles. The second-order valence-corrected chi connectivity index (χ2v) is 17.9. The van der Waals surface area contributed by atoms with E-state index in [1.54, 1.807) is 11.1 Å². The van der Waals surface area contributed by atoms with Crippen molar-refractivity contribution in [1.29, 1.82) is 0 Å². The number of nitrogens with zero attached hydrogens (tertiary/aromatic N) is 2. The molecule has 1 spiro atoms. The molecule has 2 nitrogen and oxygen atoms in total. The summed E-state index contributed by atoms with van der Waals surface area (Å²) >= 11 is 1.92. The van der Waals surface area contributed by atoms with Gasteiger partial charge in [-0.3, -0.25) is 0 Å². The Hall–Kier alpha value is -5.64. The van der Waals surface area contributed by atoms with E-state index in [0.29, 0.717) is 0 Å². The van der Waals surface area contributed by atoms with Crippen LogP contribution in [0.4, 0.5) is 17.1 Å². The summed E-state index contributed by atoms with van der Waals surface area (Å²) in [6.07, 6.45) is 7.07. The minimum atomic E-state index is 0.150. The average Bonchev–Trinajstić information content (AvgIpc) is 3.87. The molecule has 0 N–H and O–H groups in total. The number of benzene rings is 7. The lowest BCUT2D eigenvalue weighted by atomic mass is 9.43. The minimum absolute atomic E-state index is 0.150. The highest BCUT2D eigenvalue weighted by Gasteiger charge is 2.61. The van der Waals surface area contributed by atoms with Crippen LogP contribution in [-0.2, 0) is 5.41 Å². The van der Waals surface area contributed by atoms with Crippen LogP contribution in [0.3, 0.4) is 0 Å². The van der Waals surface area contributed by atoms with Crippen LogP contribution in [0.2, 0.25) is 0 Å². The van der Waals surface area contributed by atoms with Gasteiger partial charge in [0.1, 0.15) is 0 Å². The van der Waals surface area contributed by atoms with Crippen LogP contribution >= 0.6 is 11.3 Å². The van der Waals surface area contributed by atoms with E-state index < -0.39 is 0 Å². The summed E-state index contributed by atoms with van der Waals surface area (Å²) in [4.78, 5) is 2.60. The lowest BCUT2D eigenvalue weighted by molar-refractivity contribution is -0.0399. The zero-order valence-corrected chi connectivity index (χ0v) is 31.5. The molecule has 4 bridgehead atoms. The van der Waals surface area contributed by atoms with E-state index in [0.717, 1.165) is 23.7 Å². The maximum Gasteiger partial charge on any atom is 0.0640 e. The molecule has 14 rings (SSSR count). The lowest BCUT2D eigenvalue weighted by Crippen LogP contribution is -2.55. The number of hydrogen-bond acceptors (Lipinski definition) is 2. The third-order valence-corrected chi connectivity index (χ3v) is 15.6. The lowest BCUT2D eigenvalue weighted by Gasteiger charge is -2.61. The molecule has 4 fully saturated rings. The molecule has 0 atom stereocenters. The Morgan fingerprint density at radius 3 is 2.02 bits per heavy atom. The second-order valence-electron chi connectivity index (χ2n) is 16.9. The molecular formula is C52H40N2S. The Kier molecular flexibility index (Phi) is 6.25. The standard InChI is InChI=1S/C52H40N2S/c1-2-12-36(13-3-1)53-45-19-8-5-16-41(45)50-46(53)20-11-21-47(50)54(48-22-10-17-40-39-15-6-9-23-49(39)55-51(40)48)37-24-25-44-42(31-37)38-14-4-7-18-43(38)52(44)34-27-32-26-33(29-34)30-35(52)28-32/h1-25,31-35H,26-30H2. The van der Waals surface area contributed by atoms with E-state index in [-0.39, 0.29) is 5.41 Å². The molecule has 0 saturated heterocycles. The van der Waals surface area contributed by atoms with E-state index >= 15 is 0 Å². The second kappa shape index (κ2) is 11.2. The van der Waals surface area contributed by atoms with Crippen LogP contribution < -0.4 is 4.90 Å². The third-order valence-electron chi connectivity index (χ3n) is 14.4. The molecule has 264 valence electrons. The van der Waals surface area contributed by atoms with E-state index in [1.807, 2.05) is 11.3 Å². The summed E-state index contributed by atoms with van der Waals surface area (Å²) in [5, 5.41) is 5.19. The Morgan fingerprint density at radius 1 is 0.509 bits per heavy atom. The van der Waals surface area contributed by atoms with Crippen molar-refractivity contribution in [2.24, 2.45) is 23.7 Å². The average molecular weight is 725 g/mol. The van der Waals surface area contributed by atoms with Gasteiger partial charge in [0.15, 0.2) is 0 Å². The topological polar surface area (TPSA) is 8.17 Å². The molecule has 55 heavy (non-hydrogen) atoms. The summed E-state index contributed by atoms with van der Waals surface area (Å²) < 4.78 is 5.10. The SMILES string of the molecule is c1ccc(-n2c3ccccc3c3c(N(c4ccc5c(c4)-c4ccccc4C54C5CC6CC(C5)CC4C6)c4cccc5c4sc4ccccc45)cccc32)cc1. The van der Waals surface area contributed by atoms with Gasteiger partial charge in [0.25, 0.3) is 0 Å². The van der Waals surface area contributed by atoms with Crippen molar-refractivity contribution < 1.29 is 0 Å². The monoisotopic (exact) mass is 724 g/mol. The number of anilines is 3. The molecule has 9 aromatic rings. The summed E-state index contributed by atoms with van der Waals surface area (Å²) in [6.45, 7) is 0. The highest BCUT2D eigenvalue weighted by atomic mass is 32.1. The van der Waals surface area contributed by atoms with E-state index in [9.17, 15) is 0 Å². The number of rotatable bonds is 4. The van der Waals surface area contributed by atoms with Crippen LogP contribution in [0.15, 0.2) is 158 Å². The molecule has 2 heterocycles. The Morgan fingerprint density at radius 2 is 1.16 bits per heavy atom. The molecule has 0 amide bonds. The minimum Gasteiger partial charge on any atom is -0.309 e. The number of para-hydroxylation sites is 2. The Balaban J connectivity index is 1.11. The summed E-state index contributed by atoms with van der Waals surface area (Å²) in [6, 6.07) is 59.8. The molecule has 2 aromatic heterocycles. The van der Waals surface area contributed by atoms with Gasteiger partial charge in [-0.05, 0) is 133 Å². The van der Waals surface area contributed by atoms with Gasteiger partial charge in [-0.25, -0.2) is 0 Å². The third kappa shape index (κ3) is 4.04. The highest BCUT2D eigenvalue weighted by molar-refractivity contribution is 7.26. The first kappa shape index (κ1) is 30.7. The van der Waals surface area contributed by atoms with Crippen LogP contribution in [0.1, 0.15) is 43.2 Å². The largest absolute Gasteiger partial charge is 0.309 e. The van der Waals surface area contributed by atoms with E-state index in [2.05, 4.69) is 167 Å². The molecule has 5 aliphatic carbocycles. The molecule has 0 radical (unpaired) electrons. The molecule has 0 unspecified atom stereocenters. The molecule has 0 aliphatic heterocycles. The van der Waals surface area contributed by atoms with E-state index in [4.69, 9.17) is 0 Å². The smallest absolute Gasteiger partial charge is 0.0640 e. The normalized spacial score (nSPS) is 23.3. The molecular weight excluding hydrogens is 685 g/mol. The number of hydrogen-bond donors (Lipinski definition) is 0. The van der Waals surface area contributed by atoms with Crippen LogP contribution in [-0.4, -0.2) is 4.57 Å². The first-order chi connectivity index (χ1) is 27.3. The van der Waals surface area contributed by atoms with Crippen molar-refractivity contribution in [1.82, 2.24) is 4.57 Å².